The third-order valence-corrected chi connectivity index (χ3v) is 7.86. The lowest BCUT2D eigenvalue weighted by atomic mass is 9.82. The van der Waals surface area contributed by atoms with E-state index < -0.39 is 0 Å². The largest absolute Gasteiger partial charge is 0.486 e. The number of benzene rings is 1. The summed E-state index contributed by atoms with van der Waals surface area (Å²) in [6, 6.07) is 5.25. The fourth-order valence-corrected chi connectivity index (χ4v) is 6.38. The number of rotatable bonds is 2. The molecule has 2 saturated heterocycles. The fraction of sp³-hybridized carbons (Fsp3) is 0.696. The Balaban J connectivity index is 1.35. The number of piperidine rings is 2. The lowest BCUT2D eigenvalue weighted by molar-refractivity contribution is 0.0449. The molecule has 3 heterocycles. The molecule has 0 aromatic heterocycles. The predicted molar refractivity (Wildman–Crippen MR) is 111 cm³/mol. The van der Waals surface area contributed by atoms with Crippen LogP contribution in [0.1, 0.15) is 80.1 Å². The predicted octanol–water partition coefficient (Wildman–Crippen LogP) is 4.72. The molecule has 2 bridgehead atoms. The van der Waals surface area contributed by atoms with Gasteiger partial charge >= 0.3 is 0 Å². The van der Waals surface area contributed by atoms with E-state index >= 15 is 0 Å². The summed E-state index contributed by atoms with van der Waals surface area (Å²) in [7, 11) is 2.24. The van der Waals surface area contributed by atoms with Gasteiger partial charge in [0.2, 0.25) is 0 Å². The van der Waals surface area contributed by atoms with E-state index in [0.717, 1.165) is 43.4 Å². The minimum atomic E-state index is -0.106. The minimum Gasteiger partial charge on any atom is -0.486 e. The number of amides is 1. The first-order valence-electron chi connectivity index (χ1n) is 11.1. The summed E-state index contributed by atoms with van der Waals surface area (Å²) in [5.41, 5.74) is 1.64. The maximum atomic E-state index is 13.2. The molecule has 1 saturated carbocycles. The molecular formula is C23H31ClN2O2. The van der Waals surface area contributed by atoms with Crippen LogP contribution < -0.4 is 10.1 Å². The molecule has 1 aromatic carbocycles. The Morgan fingerprint density at radius 1 is 1.14 bits per heavy atom. The van der Waals surface area contributed by atoms with E-state index in [1.807, 2.05) is 6.07 Å². The second-order valence-corrected chi connectivity index (χ2v) is 9.95. The first-order chi connectivity index (χ1) is 13.5. The van der Waals surface area contributed by atoms with Gasteiger partial charge in [-0.3, -0.25) is 4.79 Å². The number of ether oxygens (including phenoxy) is 1. The van der Waals surface area contributed by atoms with Crippen molar-refractivity contribution in [3.63, 3.8) is 0 Å². The third kappa shape index (κ3) is 3.33. The Hall–Kier alpha value is -1.26. The second-order valence-electron chi connectivity index (χ2n) is 9.51. The number of nitrogens with one attached hydrogen (secondary N) is 1. The first-order valence-corrected chi connectivity index (χ1v) is 11.5. The Bertz CT molecular complexity index is 760. The van der Waals surface area contributed by atoms with Crippen LogP contribution in [0.2, 0.25) is 5.02 Å². The monoisotopic (exact) mass is 402 g/mol. The van der Waals surface area contributed by atoms with Crippen molar-refractivity contribution < 1.29 is 9.53 Å². The maximum Gasteiger partial charge on any atom is 0.255 e. The molecule has 4 aliphatic rings. The number of hydrogen-bond acceptors (Lipinski definition) is 3. The second kappa shape index (κ2) is 7.21. The normalized spacial score (nSPS) is 31.3. The van der Waals surface area contributed by atoms with Crippen molar-refractivity contribution in [2.24, 2.45) is 0 Å². The van der Waals surface area contributed by atoms with Gasteiger partial charge < -0.3 is 15.0 Å². The van der Waals surface area contributed by atoms with E-state index in [0.29, 0.717) is 22.7 Å². The van der Waals surface area contributed by atoms with E-state index in [1.165, 1.54) is 38.5 Å². The van der Waals surface area contributed by atoms with Crippen molar-refractivity contribution >= 4 is 17.5 Å². The van der Waals surface area contributed by atoms with Crippen LogP contribution in [0.5, 0.6) is 5.75 Å². The molecule has 5 heteroatoms. The Morgan fingerprint density at radius 3 is 2.57 bits per heavy atom. The van der Waals surface area contributed by atoms with Crippen molar-refractivity contribution in [2.75, 3.05) is 7.05 Å². The Kier molecular flexibility index (Phi) is 4.83. The van der Waals surface area contributed by atoms with Gasteiger partial charge in [0.25, 0.3) is 5.91 Å². The van der Waals surface area contributed by atoms with E-state index in [2.05, 4.69) is 17.3 Å². The van der Waals surface area contributed by atoms with Crippen LogP contribution in [0.25, 0.3) is 0 Å². The minimum absolute atomic E-state index is 0.0146. The summed E-state index contributed by atoms with van der Waals surface area (Å²) in [4.78, 5) is 15.8. The zero-order valence-electron chi connectivity index (χ0n) is 16.8. The molecule has 1 aliphatic carbocycles. The SMILES string of the molecule is CN1C2CCCC1CC(NC(=O)c1cc(Cl)cc3c1OC1(CCCCC1)C3)C2. The summed E-state index contributed by atoms with van der Waals surface area (Å²) in [5.74, 6) is 0.774. The Morgan fingerprint density at radius 2 is 1.86 bits per heavy atom. The summed E-state index contributed by atoms with van der Waals surface area (Å²) in [6.07, 6.45) is 12.7. The number of carbonyl (C=O) groups excluding carboxylic acids is 1. The topological polar surface area (TPSA) is 41.6 Å². The summed E-state index contributed by atoms with van der Waals surface area (Å²) < 4.78 is 6.50. The summed E-state index contributed by atoms with van der Waals surface area (Å²) in [5, 5.41) is 3.97. The van der Waals surface area contributed by atoms with Crippen LogP contribution in [0.3, 0.4) is 0 Å². The molecule has 4 nitrogen and oxygen atoms in total. The fourth-order valence-electron chi connectivity index (χ4n) is 6.14. The van der Waals surface area contributed by atoms with Gasteiger partial charge in [-0.25, -0.2) is 0 Å². The molecule has 2 atom stereocenters. The highest BCUT2D eigenvalue weighted by Crippen LogP contribution is 2.46. The molecule has 152 valence electrons. The summed E-state index contributed by atoms with van der Waals surface area (Å²) >= 11 is 6.40. The number of fused-ring (bicyclic) bond motifs is 3. The molecular weight excluding hydrogens is 372 g/mol. The Labute approximate surface area is 173 Å². The van der Waals surface area contributed by atoms with E-state index in [4.69, 9.17) is 16.3 Å². The summed E-state index contributed by atoms with van der Waals surface area (Å²) in [6.45, 7) is 0. The van der Waals surface area contributed by atoms with Gasteiger partial charge in [-0.15, -0.1) is 0 Å². The molecule has 5 rings (SSSR count). The van der Waals surface area contributed by atoms with Gasteiger partial charge in [0.05, 0.1) is 5.56 Å². The molecule has 1 aromatic rings. The highest BCUT2D eigenvalue weighted by Gasteiger charge is 2.42. The average molecular weight is 403 g/mol. The van der Waals surface area contributed by atoms with Crippen LogP contribution in [-0.4, -0.2) is 41.6 Å². The average Bonchev–Trinajstić information content (AvgIpc) is 2.99. The lowest BCUT2D eigenvalue weighted by Gasteiger charge is -2.47. The number of nitrogens with zero attached hydrogens (tertiary/aromatic N) is 1. The van der Waals surface area contributed by atoms with Crippen LogP contribution in [0, 0.1) is 0 Å². The molecule has 1 amide bonds. The molecule has 2 unspecified atom stereocenters. The van der Waals surface area contributed by atoms with Gasteiger partial charge in [0.1, 0.15) is 11.4 Å². The smallest absolute Gasteiger partial charge is 0.255 e. The van der Waals surface area contributed by atoms with Crippen molar-refractivity contribution in [3.05, 3.63) is 28.3 Å². The molecule has 28 heavy (non-hydrogen) atoms. The van der Waals surface area contributed by atoms with Gasteiger partial charge in [-0.2, -0.15) is 0 Å². The van der Waals surface area contributed by atoms with E-state index in [-0.39, 0.29) is 17.6 Å². The van der Waals surface area contributed by atoms with E-state index in [9.17, 15) is 4.79 Å². The standard InChI is InChI=1S/C23H31ClN2O2/c1-26-18-6-5-7-19(26)13-17(12-18)25-22(27)20-11-16(24)10-15-14-23(28-21(15)20)8-3-2-4-9-23/h10-11,17-19H,2-9,12-14H2,1H3,(H,25,27). The first kappa shape index (κ1) is 18.7. The van der Waals surface area contributed by atoms with Crippen molar-refractivity contribution in [3.8, 4) is 5.75 Å². The quantitative estimate of drug-likeness (QED) is 0.777. The zero-order valence-corrected chi connectivity index (χ0v) is 17.6. The number of hydrogen-bond donors (Lipinski definition) is 1. The zero-order chi connectivity index (χ0) is 19.3. The van der Waals surface area contributed by atoms with Crippen molar-refractivity contribution in [1.29, 1.82) is 0 Å². The van der Waals surface area contributed by atoms with Crippen molar-refractivity contribution in [2.45, 2.75) is 94.4 Å². The van der Waals surface area contributed by atoms with Gasteiger partial charge in [-0.1, -0.05) is 24.4 Å². The van der Waals surface area contributed by atoms with Crippen LogP contribution >= 0.6 is 11.6 Å². The molecule has 0 radical (unpaired) electrons. The molecule has 3 fully saturated rings. The van der Waals surface area contributed by atoms with Gasteiger partial charge in [-0.05, 0) is 70.5 Å². The highest BCUT2D eigenvalue weighted by molar-refractivity contribution is 6.31. The molecule has 1 spiro atoms. The highest BCUT2D eigenvalue weighted by atomic mass is 35.5. The van der Waals surface area contributed by atoms with Gasteiger partial charge in [0, 0.05) is 35.1 Å². The van der Waals surface area contributed by atoms with Crippen LogP contribution in [-0.2, 0) is 6.42 Å². The molecule has 3 aliphatic heterocycles. The third-order valence-electron chi connectivity index (χ3n) is 7.65. The lowest BCUT2D eigenvalue weighted by Crippen LogP contribution is -2.55. The van der Waals surface area contributed by atoms with E-state index in [1.54, 1.807) is 6.07 Å². The van der Waals surface area contributed by atoms with Crippen LogP contribution in [0.15, 0.2) is 12.1 Å². The number of halogens is 1. The van der Waals surface area contributed by atoms with Gasteiger partial charge in [0.15, 0.2) is 0 Å². The van der Waals surface area contributed by atoms with Crippen molar-refractivity contribution in [1.82, 2.24) is 10.2 Å². The van der Waals surface area contributed by atoms with Crippen LogP contribution in [0.4, 0.5) is 0 Å². The number of carbonyl (C=O) groups is 1. The molecule has 1 N–H and O–H groups in total. The maximum absolute atomic E-state index is 13.2.